The van der Waals surface area contributed by atoms with Crippen LogP contribution in [-0.4, -0.2) is 19.1 Å². The Kier molecular flexibility index (Phi) is 6.02. The Morgan fingerprint density at radius 1 is 0.333 bits per heavy atom. The highest BCUT2D eigenvalue weighted by Crippen LogP contribution is 2.46. The number of para-hydroxylation sites is 4. The summed E-state index contributed by atoms with van der Waals surface area (Å²) in [4.78, 5) is 10.6. The van der Waals surface area contributed by atoms with Crippen LogP contribution in [-0.2, 0) is 0 Å². The molecule has 11 aromatic rings. The Balaban J connectivity index is 1.10. The highest BCUT2D eigenvalue weighted by atomic mass is 15.1. The van der Waals surface area contributed by atoms with Gasteiger partial charge in [0.1, 0.15) is 5.69 Å². The molecule has 0 saturated heterocycles. The van der Waals surface area contributed by atoms with E-state index in [1.165, 1.54) is 66.0 Å². The van der Waals surface area contributed by atoms with Gasteiger partial charge < -0.3 is 4.57 Å². The van der Waals surface area contributed by atoms with E-state index < -0.39 is 0 Å². The monoisotopic (exact) mass is 686 g/mol. The minimum atomic E-state index is 0.865. The lowest BCUT2D eigenvalue weighted by Gasteiger charge is -2.12. The molecule has 0 unspecified atom stereocenters. The third-order valence-corrected chi connectivity index (χ3v) is 11.2. The van der Waals surface area contributed by atoms with Crippen molar-refractivity contribution in [3.63, 3.8) is 0 Å². The number of fused-ring (bicyclic) bond motifs is 12. The van der Waals surface area contributed by atoms with Crippen LogP contribution in [0.15, 0.2) is 182 Å². The van der Waals surface area contributed by atoms with Gasteiger partial charge >= 0.3 is 0 Å². The van der Waals surface area contributed by atoms with Crippen LogP contribution in [0.2, 0.25) is 0 Å². The quantitative estimate of drug-likeness (QED) is 0.185. The van der Waals surface area contributed by atoms with Gasteiger partial charge in [-0.15, -0.1) is 0 Å². The van der Waals surface area contributed by atoms with Crippen molar-refractivity contribution in [1.82, 2.24) is 19.1 Å². The number of aromatic nitrogens is 4. The zero-order valence-corrected chi connectivity index (χ0v) is 29.1. The van der Waals surface area contributed by atoms with Crippen LogP contribution in [0.3, 0.4) is 0 Å². The van der Waals surface area contributed by atoms with Crippen molar-refractivity contribution < 1.29 is 0 Å². The Labute approximate surface area is 310 Å². The molecule has 1 aliphatic rings. The van der Waals surface area contributed by atoms with Gasteiger partial charge in [-0.05, 0) is 82.4 Å². The first-order valence-corrected chi connectivity index (χ1v) is 18.4. The lowest BCUT2D eigenvalue weighted by atomic mass is 9.95. The van der Waals surface area contributed by atoms with Gasteiger partial charge in [-0.3, -0.25) is 4.57 Å². The third kappa shape index (κ3) is 4.13. The largest absolute Gasteiger partial charge is 0.309 e. The maximum absolute atomic E-state index is 5.32. The molecule has 0 saturated carbocycles. The van der Waals surface area contributed by atoms with E-state index in [1.807, 2.05) is 12.1 Å². The molecule has 54 heavy (non-hydrogen) atoms. The summed E-state index contributed by atoms with van der Waals surface area (Å²) < 4.78 is 4.75. The van der Waals surface area contributed by atoms with Gasteiger partial charge in [0.25, 0.3) is 0 Å². The summed E-state index contributed by atoms with van der Waals surface area (Å²) in [7, 11) is 0. The fourth-order valence-corrected chi connectivity index (χ4v) is 8.80. The summed E-state index contributed by atoms with van der Waals surface area (Å²) in [6, 6.07) is 65.5. The molecule has 0 aliphatic carbocycles. The normalized spacial score (nSPS) is 12.1. The topological polar surface area (TPSA) is 35.6 Å². The number of benzene rings is 8. The van der Waals surface area contributed by atoms with Crippen LogP contribution in [0.1, 0.15) is 0 Å². The Morgan fingerprint density at radius 2 is 0.926 bits per heavy atom. The van der Waals surface area contributed by atoms with Crippen LogP contribution in [0.5, 0.6) is 0 Å². The summed E-state index contributed by atoms with van der Waals surface area (Å²) in [5.74, 6) is 0.865. The lowest BCUT2D eigenvalue weighted by Crippen LogP contribution is -2.02. The van der Waals surface area contributed by atoms with E-state index >= 15 is 0 Å². The molecule has 0 atom stereocenters. The summed E-state index contributed by atoms with van der Waals surface area (Å²) in [5, 5.41) is 4.87. The minimum Gasteiger partial charge on any atom is -0.309 e. The maximum Gasteiger partial charge on any atom is 0.165 e. The molecule has 250 valence electrons. The molecule has 4 nitrogen and oxygen atoms in total. The summed E-state index contributed by atoms with van der Waals surface area (Å²) in [6.07, 6.45) is 0. The van der Waals surface area contributed by atoms with Crippen LogP contribution >= 0.6 is 0 Å². The highest BCUT2D eigenvalue weighted by Gasteiger charge is 2.27. The zero-order chi connectivity index (χ0) is 35.3. The fraction of sp³-hybridized carbons (Fsp3) is 0. The molecule has 0 radical (unpaired) electrons. The molecule has 1 aliphatic heterocycles. The van der Waals surface area contributed by atoms with Gasteiger partial charge in [0.15, 0.2) is 5.82 Å². The van der Waals surface area contributed by atoms with Crippen molar-refractivity contribution in [3.05, 3.63) is 182 Å². The van der Waals surface area contributed by atoms with E-state index in [0.29, 0.717) is 0 Å². The van der Waals surface area contributed by atoms with Gasteiger partial charge in [-0.25, -0.2) is 9.97 Å². The molecule has 0 fully saturated rings. The number of rotatable bonds is 3. The first-order chi connectivity index (χ1) is 26.8. The lowest BCUT2D eigenvalue weighted by molar-refractivity contribution is 1.09. The standard InChI is InChI=1S/C50H30N4/c1-3-12-31(13-4-1)34-22-25-37-41-28-32(23-26-45(41)53(47(37)30-34)35-14-5-2-6-15-35)33-24-27-46-42(29-33)40-19-11-18-39-36-16-7-8-17-38(36)48-50(54(46)49(39)40)52-44-21-10-9-20-43(44)51-48/h1-30H. The molecule has 0 amide bonds. The van der Waals surface area contributed by atoms with E-state index in [1.54, 1.807) is 0 Å². The molecule has 8 aromatic carbocycles. The maximum atomic E-state index is 5.32. The predicted octanol–water partition coefficient (Wildman–Crippen LogP) is 12.8. The molecule has 0 spiro atoms. The van der Waals surface area contributed by atoms with Crippen molar-refractivity contribution in [3.8, 4) is 56.1 Å². The number of hydrogen-bond acceptors (Lipinski definition) is 2. The van der Waals surface area contributed by atoms with Gasteiger partial charge in [0.05, 0.1) is 33.1 Å². The highest BCUT2D eigenvalue weighted by molar-refractivity contribution is 6.17. The van der Waals surface area contributed by atoms with E-state index in [2.05, 4.69) is 179 Å². The third-order valence-electron chi connectivity index (χ3n) is 11.2. The molecule has 12 rings (SSSR count). The van der Waals surface area contributed by atoms with Crippen molar-refractivity contribution in [2.24, 2.45) is 0 Å². The number of nitrogens with zero attached hydrogens (tertiary/aromatic N) is 4. The van der Waals surface area contributed by atoms with E-state index in [0.717, 1.165) is 44.8 Å². The molecule has 0 bridgehead atoms. The zero-order valence-electron chi connectivity index (χ0n) is 29.1. The molecular formula is C50H30N4. The average molecular weight is 687 g/mol. The summed E-state index contributed by atoms with van der Waals surface area (Å²) in [6.45, 7) is 0. The Bertz CT molecular complexity index is 3320. The first-order valence-electron chi connectivity index (χ1n) is 18.4. The second kappa shape index (κ2) is 11.1. The summed E-state index contributed by atoms with van der Waals surface area (Å²) >= 11 is 0. The molecule has 0 N–H and O–H groups in total. The van der Waals surface area contributed by atoms with Crippen molar-refractivity contribution in [1.29, 1.82) is 0 Å². The Hall–Kier alpha value is -7.30. The van der Waals surface area contributed by atoms with Crippen LogP contribution < -0.4 is 0 Å². The average Bonchev–Trinajstić information content (AvgIpc) is 3.71. The Morgan fingerprint density at radius 3 is 1.70 bits per heavy atom. The van der Waals surface area contributed by atoms with Crippen LogP contribution in [0, 0.1) is 0 Å². The smallest absolute Gasteiger partial charge is 0.165 e. The minimum absolute atomic E-state index is 0.865. The van der Waals surface area contributed by atoms with E-state index in [-0.39, 0.29) is 0 Å². The second-order valence-corrected chi connectivity index (χ2v) is 14.2. The van der Waals surface area contributed by atoms with Crippen molar-refractivity contribution in [2.45, 2.75) is 0 Å². The SMILES string of the molecule is c1ccc(-c2ccc3c4cc(-c5ccc6c(c5)c5cccc7c5n6-c5nc6ccccc6nc5-c5ccccc5-7)ccc4n(-c4ccccc4)c3c2)cc1. The molecule has 3 aromatic heterocycles. The first kappa shape index (κ1) is 29.3. The number of hydrogen-bond donors (Lipinski definition) is 0. The van der Waals surface area contributed by atoms with Gasteiger partial charge in [-0.1, -0.05) is 127 Å². The van der Waals surface area contributed by atoms with Crippen LogP contribution in [0.4, 0.5) is 0 Å². The molecule has 4 heteroatoms. The van der Waals surface area contributed by atoms with Gasteiger partial charge in [-0.2, -0.15) is 0 Å². The van der Waals surface area contributed by atoms with Crippen molar-refractivity contribution in [2.75, 3.05) is 0 Å². The van der Waals surface area contributed by atoms with Crippen LogP contribution in [0.25, 0.3) is 111 Å². The molecular weight excluding hydrogens is 657 g/mol. The van der Waals surface area contributed by atoms with Crippen molar-refractivity contribution >= 4 is 54.6 Å². The van der Waals surface area contributed by atoms with E-state index in [4.69, 9.17) is 9.97 Å². The fourth-order valence-electron chi connectivity index (χ4n) is 8.80. The van der Waals surface area contributed by atoms with E-state index in [9.17, 15) is 0 Å². The second-order valence-electron chi connectivity index (χ2n) is 14.2. The van der Waals surface area contributed by atoms with Gasteiger partial charge in [0.2, 0.25) is 0 Å². The van der Waals surface area contributed by atoms with Gasteiger partial charge in [0, 0.05) is 38.4 Å². The predicted molar refractivity (Wildman–Crippen MR) is 224 cm³/mol. The molecule has 4 heterocycles. The summed E-state index contributed by atoms with van der Waals surface area (Å²) in [5.41, 5.74) is 16.8.